The van der Waals surface area contributed by atoms with Crippen molar-refractivity contribution in [2.45, 2.75) is 6.92 Å². The molecule has 0 bridgehead atoms. The first-order chi connectivity index (χ1) is 12.0. The van der Waals surface area contributed by atoms with Gasteiger partial charge in [0.1, 0.15) is 5.82 Å². The first-order valence-electron chi connectivity index (χ1n) is 7.96. The van der Waals surface area contributed by atoms with Gasteiger partial charge in [0.25, 0.3) is 5.91 Å². The van der Waals surface area contributed by atoms with Crippen LogP contribution in [0, 0.1) is 12.7 Å². The average molecular weight is 334 g/mol. The van der Waals surface area contributed by atoms with Crippen LogP contribution in [-0.2, 0) is 0 Å². The number of carbonyl (C=O) groups is 1. The van der Waals surface area contributed by atoms with E-state index in [1.807, 2.05) is 25.1 Å². The minimum atomic E-state index is -0.286. The van der Waals surface area contributed by atoms with Crippen LogP contribution >= 0.6 is 0 Å². The highest BCUT2D eigenvalue weighted by Gasteiger charge is 2.15. The van der Waals surface area contributed by atoms with E-state index in [0.717, 1.165) is 11.1 Å². The molecular weight excluding hydrogens is 315 g/mol. The van der Waals surface area contributed by atoms with Gasteiger partial charge in [-0.1, -0.05) is 24.3 Å². The van der Waals surface area contributed by atoms with Crippen LogP contribution in [0.5, 0.6) is 0 Å². The molecule has 3 aromatic carbocycles. The van der Waals surface area contributed by atoms with Crippen LogP contribution in [0.3, 0.4) is 0 Å². The Balaban J connectivity index is 1.98. The van der Waals surface area contributed by atoms with Gasteiger partial charge >= 0.3 is 0 Å². The standard InChI is InChI=1S/C21H19FN2O/c1-14-11-16(19-5-3-4-6-20(19)22)13-18(12-14)24(2)21(25)15-7-9-17(23)10-8-15/h3-13H,23H2,1-2H3. The van der Waals surface area contributed by atoms with Gasteiger partial charge in [-0.25, -0.2) is 4.39 Å². The van der Waals surface area contributed by atoms with E-state index in [0.29, 0.717) is 22.5 Å². The van der Waals surface area contributed by atoms with Crippen molar-refractivity contribution in [2.24, 2.45) is 0 Å². The monoisotopic (exact) mass is 334 g/mol. The second-order valence-electron chi connectivity index (χ2n) is 6.02. The Morgan fingerprint density at radius 3 is 2.36 bits per heavy atom. The number of rotatable bonds is 3. The van der Waals surface area contributed by atoms with E-state index in [2.05, 4.69) is 0 Å². The summed E-state index contributed by atoms with van der Waals surface area (Å²) in [5.41, 5.74) is 9.74. The number of anilines is 2. The molecule has 0 aliphatic carbocycles. The van der Waals surface area contributed by atoms with Crippen molar-refractivity contribution in [2.75, 3.05) is 17.7 Å². The highest BCUT2D eigenvalue weighted by atomic mass is 19.1. The van der Waals surface area contributed by atoms with Crippen molar-refractivity contribution in [3.63, 3.8) is 0 Å². The predicted octanol–water partition coefficient (Wildman–Crippen LogP) is 4.66. The Hall–Kier alpha value is -3.14. The van der Waals surface area contributed by atoms with E-state index in [4.69, 9.17) is 5.73 Å². The van der Waals surface area contributed by atoms with Gasteiger partial charge in [0.15, 0.2) is 0 Å². The Morgan fingerprint density at radius 1 is 1.00 bits per heavy atom. The first kappa shape index (κ1) is 16.7. The van der Waals surface area contributed by atoms with Crippen molar-refractivity contribution >= 4 is 17.3 Å². The zero-order valence-electron chi connectivity index (χ0n) is 14.2. The summed E-state index contributed by atoms with van der Waals surface area (Å²) in [5, 5.41) is 0. The Labute approximate surface area is 146 Å². The van der Waals surface area contributed by atoms with E-state index >= 15 is 0 Å². The third kappa shape index (κ3) is 3.53. The number of hydrogen-bond acceptors (Lipinski definition) is 2. The van der Waals surface area contributed by atoms with Crippen molar-refractivity contribution in [1.29, 1.82) is 0 Å². The summed E-state index contributed by atoms with van der Waals surface area (Å²) in [5.74, 6) is -0.434. The zero-order valence-corrected chi connectivity index (χ0v) is 14.2. The molecule has 4 heteroatoms. The summed E-state index contributed by atoms with van der Waals surface area (Å²) < 4.78 is 14.1. The first-order valence-corrected chi connectivity index (χ1v) is 7.96. The number of hydrogen-bond donors (Lipinski definition) is 1. The lowest BCUT2D eigenvalue weighted by Gasteiger charge is -2.19. The maximum absolute atomic E-state index is 14.1. The molecule has 0 heterocycles. The number of nitrogens with zero attached hydrogens (tertiary/aromatic N) is 1. The van der Waals surface area contributed by atoms with Crippen molar-refractivity contribution < 1.29 is 9.18 Å². The summed E-state index contributed by atoms with van der Waals surface area (Å²) >= 11 is 0. The lowest BCUT2D eigenvalue weighted by Crippen LogP contribution is -2.26. The smallest absolute Gasteiger partial charge is 0.258 e. The molecule has 0 aliphatic rings. The molecule has 2 N–H and O–H groups in total. The predicted molar refractivity (Wildman–Crippen MR) is 100 cm³/mol. The molecule has 0 aromatic heterocycles. The van der Waals surface area contributed by atoms with Gasteiger partial charge in [-0.15, -0.1) is 0 Å². The normalized spacial score (nSPS) is 10.5. The molecule has 0 saturated heterocycles. The minimum absolute atomic E-state index is 0.148. The topological polar surface area (TPSA) is 46.3 Å². The highest BCUT2D eigenvalue weighted by Crippen LogP contribution is 2.29. The fourth-order valence-electron chi connectivity index (χ4n) is 2.74. The SMILES string of the molecule is Cc1cc(-c2ccccc2F)cc(N(C)C(=O)c2ccc(N)cc2)c1. The largest absolute Gasteiger partial charge is 0.399 e. The summed E-state index contributed by atoms with van der Waals surface area (Å²) in [6.45, 7) is 1.93. The van der Waals surface area contributed by atoms with Gasteiger partial charge in [0.05, 0.1) is 0 Å². The number of nitrogen functional groups attached to an aromatic ring is 1. The zero-order chi connectivity index (χ0) is 18.0. The second kappa shape index (κ2) is 6.77. The van der Waals surface area contributed by atoms with Crippen LogP contribution in [0.25, 0.3) is 11.1 Å². The Kier molecular flexibility index (Phi) is 4.52. The third-order valence-electron chi connectivity index (χ3n) is 4.10. The summed E-state index contributed by atoms with van der Waals surface area (Å²) in [7, 11) is 1.71. The Morgan fingerprint density at radius 2 is 1.68 bits per heavy atom. The minimum Gasteiger partial charge on any atom is -0.399 e. The number of nitrogens with two attached hydrogens (primary N) is 1. The fourth-order valence-corrected chi connectivity index (χ4v) is 2.74. The lowest BCUT2D eigenvalue weighted by atomic mass is 10.0. The molecule has 3 aromatic rings. The van der Waals surface area contributed by atoms with Gasteiger partial charge in [-0.05, 0) is 60.5 Å². The number of halogens is 1. The Bertz CT molecular complexity index is 919. The van der Waals surface area contributed by atoms with Crippen LogP contribution in [0.1, 0.15) is 15.9 Å². The van der Waals surface area contributed by atoms with Crippen molar-refractivity contribution in [3.05, 3.63) is 83.7 Å². The average Bonchev–Trinajstić information content (AvgIpc) is 2.61. The van der Waals surface area contributed by atoms with Crippen molar-refractivity contribution in [1.82, 2.24) is 0 Å². The van der Waals surface area contributed by atoms with Gasteiger partial charge in [-0.2, -0.15) is 0 Å². The van der Waals surface area contributed by atoms with E-state index in [-0.39, 0.29) is 11.7 Å². The van der Waals surface area contributed by atoms with Gasteiger partial charge in [0.2, 0.25) is 0 Å². The molecule has 126 valence electrons. The molecule has 0 unspecified atom stereocenters. The molecule has 0 spiro atoms. The van der Waals surface area contributed by atoms with Crippen molar-refractivity contribution in [3.8, 4) is 11.1 Å². The maximum atomic E-state index is 14.1. The molecule has 3 nitrogen and oxygen atoms in total. The third-order valence-corrected chi connectivity index (χ3v) is 4.10. The van der Waals surface area contributed by atoms with Gasteiger partial charge in [0, 0.05) is 29.5 Å². The molecular formula is C21H19FN2O. The fraction of sp³-hybridized carbons (Fsp3) is 0.0952. The summed E-state index contributed by atoms with van der Waals surface area (Å²) in [4.78, 5) is 14.3. The quantitative estimate of drug-likeness (QED) is 0.708. The van der Waals surface area contributed by atoms with Crippen LogP contribution in [0.2, 0.25) is 0 Å². The van der Waals surface area contributed by atoms with Gasteiger partial charge < -0.3 is 10.6 Å². The van der Waals surface area contributed by atoms with E-state index in [1.54, 1.807) is 54.4 Å². The van der Waals surface area contributed by atoms with E-state index < -0.39 is 0 Å². The molecule has 25 heavy (non-hydrogen) atoms. The maximum Gasteiger partial charge on any atom is 0.258 e. The number of carbonyl (C=O) groups excluding carboxylic acids is 1. The van der Waals surface area contributed by atoms with Crippen LogP contribution in [0.15, 0.2) is 66.7 Å². The molecule has 1 amide bonds. The molecule has 0 saturated carbocycles. The lowest BCUT2D eigenvalue weighted by molar-refractivity contribution is 0.0993. The number of aryl methyl sites for hydroxylation is 1. The molecule has 0 fully saturated rings. The second-order valence-corrected chi connectivity index (χ2v) is 6.02. The van der Waals surface area contributed by atoms with E-state index in [9.17, 15) is 9.18 Å². The number of amides is 1. The van der Waals surface area contributed by atoms with Crippen LogP contribution < -0.4 is 10.6 Å². The van der Waals surface area contributed by atoms with Crippen LogP contribution in [0.4, 0.5) is 15.8 Å². The molecule has 0 radical (unpaired) electrons. The van der Waals surface area contributed by atoms with Gasteiger partial charge in [-0.3, -0.25) is 4.79 Å². The summed E-state index contributed by atoms with van der Waals surface area (Å²) in [6, 6.07) is 19.0. The summed E-state index contributed by atoms with van der Waals surface area (Å²) in [6.07, 6.45) is 0. The molecule has 0 atom stereocenters. The van der Waals surface area contributed by atoms with Crippen LogP contribution in [-0.4, -0.2) is 13.0 Å². The molecule has 0 aliphatic heterocycles. The highest BCUT2D eigenvalue weighted by molar-refractivity contribution is 6.06. The van der Waals surface area contributed by atoms with E-state index in [1.165, 1.54) is 6.07 Å². The molecule has 3 rings (SSSR count). The number of benzene rings is 3.